The van der Waals surface area contributed by atoms with Crippen LogP contribution in [-0.2, 0) is 0 Å². The summed E-state index contributed by atoms with van der Waals surface area (Å²) >= 11 is 0. The van der Waals surface area contributed by atoms with E-state index in [9.17, 15) is 4.79 Å². The minimum Gasteiger partial charge on any atom is -0.497 e. The zero-order chi connectivity index (χ0) is 16.8. The van der Waals surface area contributed by atoms with Crippen LogP contribution in [0.3, 0.4) is 0 Å². The van der Waals surface area contributed by atoms with Gasteiger partial charge < -0.3 is 4.74 Å². The molecule has 0 atom stereocenters. The lowest BCUT2D eigenvalue weighted by molar-refractivity contribution is 0.0955. The van der Waals surface area contributed by atoms with E-state index in [0.717, 1.165) is 17.0 Å². The van der Waals surface area contributed by atoms with Crippen molar-refractivity contribution in [3.05, 3.63) is 65.2 Å². The van der Waals surface area contributed by atoms with Crippen molar-refractivity contribution >= 4 is 11.6 Å². The molecule has 1 amide bonds. The number of carbonyl (C=O) groups excluding carboxylic acids is 1. The van der Waals surface area contributed by atoms with Crippen LogP contribution in [0.5, 0.6) is 5.75 Å². The van der Waals surface area contributed by atoms with Gasteiger partial charge in [-0.25, -0.2) is 5.43 Å². The molecule has 0 spiro atoms. The molecule has 2 rings (SSSR count). The Morgan fingerprint density at radius 3 is 2.39 bits per heavy atom. The summed E-state index contributed by atoms with van der Waals surface area (Å²) in [7, 11) is 1.62. The summed E-state index contributed by atoms with van der Waals surface area (Å²) in [6.45, 7) is 6.09. The largest absolute Gasteiger partial charge is 0.497 e. The molecule has 1 N–H and O–H groups in total. The van der Waals surface area contributed by atoms with Gasteiger partial charge in [0.2, 0.25) is 0 Å². The average Bonchev–Trinajstić information content (AvgIpc) is 2.59. The van der Waals surface area contributed by atoms with Crippen molar-refractivity contribution < 1.29 is 9.53 Å². The molecule has 0 aromatic heterocycles. The van der Waals surface area contributed by atoms with Crippen LogP contribution in [0.25, 0.3) is 0 Å². The molecule has 0 saturated heterocycles. The topological polar surface area (TPSA) is 50.7 Å². The molecule has 2 aromatic rings. The number of hydrogen-bond donors (Lipinski definition) is 1. The lowest BCUT2D eigenvalue weighted by Crippen LogP contribution is -2.19. The maximum Gasteiger partial charge on any atom is 0.271 e. The molecule has 4 nitrogen and oxygen atoms in total. The van der Waals surface area contributed by atoms with Crippen LogP contribution >= 0.6 is 0 Å². The molecule has 0 aliphatic heterocycles. The summed E-state index contributed by atoms with van der Waals surface area (Å²) in [5.41, 5.74) is 6.01. The first kappa shape index (κ1) is 16.7. The summed E-state index contributed by atoms with van der Waals surface area (Å²) in [4.78, 5) is 12.1. The SMILES string of the molecule is COc1cccc(/C(C)=N/NC(=O)c2ccc(C(C)C)cc2)c1. The number of benzene rings is 2. The van der Waals surface area contributed by atoms with E-state index in [4.69, 9.17) is 4.74 Å². The highest BCUT2D eigenvalue weighted by atomic mass is 16.5. The summed E-state index contributed by atoms with van der Waals surface area (Å²) < 4.78 is 5.19. The van der Waals surface area contributed by atoms with Gasteiger partial charge in [0.25, 0.3) is 5.91 Å². The number of nitrogens with zero attached hydrogens (tertiary/aromatic N) is 1. The van der Waals surface area contributed by atoms with Crippen molar-refractivity contribution in [1.29, 1.82) is 0 Å². The Morgan fingerprint density at radius 1 is 1.09 bits per heavy atom. The lowest BCUT2D eigenvalue weighted by Gasteiger charge is -2.07. The first-order chi connectivity index (χ1) is 11.0. The molecule has 0 heterocycles. The predicted molar refractivity (Wildman–Crippen MR) is 93.2 cm³/mol. The monoisotopic (exact) mass is 310 g/mol. The second kappa shape index (κ2) is 7.58. The molecular weight excluding hydrogens is 288 g/mol. The van der Waals surface area contributed by atoms with Gasteiger partial charge >= 0.3 is 0 Å². The number of rotatable bonds is 5. The number of carbonyl (C=O) groups is 1. The number of hydrazone groups is 1. The van der Waals surface area contributed by atoms with E-state index < -0.39 is 0 Å². The molecule has 0 fully saturated rings. The third-order valence-corrected chi connectivity index (χ3v) is 3.65. The van der Waals surface area contributed by atoms with E-state index in [1.165, 1.54) is 5.56 Å². The molecule has 0 aliphatic rings. The van der Waals surface area contributed by atoms with E-state index in [0.29, 0.717) is 11.5 Å². The minimum atomic E-state index is -0.220. The van der Waals surface area contributed by atoms with Gasteiger partial charge in [-0.05, 0) is 42.7 Å². The summed E-state index contributed by atoms with van der Waals surface area (Å²) in [6.07, 6.45) is 0. The number of methoxy groups -OCH3 is 1. The van der Waals surface area contributed by atoms with Crippen LogP contribution in [0.2, 0.25) is 0 Å². The standard InChI is InChI=1S/C19H22N2O2/c1-13(2)15-8-10-16(11-9-15)19(22)21-20-14(3)17-6-5-7-18(12-17)23-4/h5-13H,1-4H3,(H,21,22)/b20-14+. The number of hydrogen-bond acceptors (Lipinski definition) is 3. The van der Waals surface area contributed by atoms with Crippen LogP contribution in [0.1, 0.15) is 48.2 Å². The molecule has 0 radical (unpaired) electrons. The van der Waals surface area contributed by atoms with Crippen molar-refractivity contribution in [2.75, 3.05) is 7.11 Å². The predicted octanol–water partition coefficient (Wildman–Crippen LogP) is 3.97. The third-order valence-electron chi connectivity index (χ3n) is 3.65. The van der Waals surface area contributed by atoms with Gasteiger partial charge in [0.05, 0.1) is 12.8 Å². The average molecular weight is 310 g/mol. The van der Waals surface area contributed by atoms with Crippen LogP contribution in [0.15, 0.2) is 53.6 Å². The van der Waals surface area contributed by atoms with Crippen molar-refractivity contribution in [3.8, 4) is 5.75 Å². The molecule has 120 valence electrons. The van der Waals surface area contributed by atoms with E-state index in [1.54, 1.807) is 7.11 Å². The zero-order valence-electron chi connectivity index (χ0n) is 14.0. The number of nitrogens with one attached hydrogen (secondary N) is 1. The van der Waals surface area contributed by atoms with E-state index in [-0.39, 0.29) is 5.91 Å². The molecule has 0 bridgehead atoms. The maximum atomic E-state index is 12.1. The number of amides is 1. The van der Waals surface area contributed by atoms with Crippen LogP contribution in [0.4, 0.5) is 0 Å². The third kappa shape index (κ3) is 4.42. The van der Waals surface area contributed by atoms with Crippen LogP contribution in [0, 0.1) is 0 Å². The highest BCUT2D eigenvalue weighted by Gasteiger charge is 2.06. The van der Waals surface area contributed by atoms with Gasteiger partial charge in [-0.15, -0.1) is 0 Å². The number of ether oxygens (including phenoxy) is 1. The Balaban J connectivity index is 2.07. The van der Waals surface area contributed by atoms with Crippen molar-refractivity contribution in [2.45, 2.75) is 26.7 Å². The fraction of sp³-hybridized carbons (Fsp3) is 0.263. The van der Waals surface area contributed by atoms with Crippen molar-refractivity contribution in [3.63, 3.8) is 0 Å². The lowest BCUT2D eigenvalue weighted by atomic mass is 10.0. The second-order valence-electron chi connectivity index (χ2n) is 5.65. The first-order valence-corrected chi connectivity index (χ1v) is 7.60. The van der Waals surface area contributed by atoms with Gasteiger partial charge in [0, 0.05) is 11.1 Å². The zero-order valence-corrected chi connectivity index (χ0v) is 14.0. The maximum absolute atomic E-state index is 12.1. The fourth-order valence-electron chi connectivity index (χ4n) is 2.13. The van der Waals surface area contributed by atoms with Crippen molar-refractivity contribution in [2.24, 2.45) is 5.10 Å². The Labute approximate surface area is 137 Å². The van der Waals surface area contributed by atoms with Gasteiger partial charge in [0.15, 0.2) is 0 Å². The Hall–Kier alpha value is -2.62. The quantitative estimate of drug-likeness (QED) is 0.671. The molecule has 0 unspecified atom stereocenters. The summed E-state index contributed by atoms with van der Waals surface area (Å²) in [6, 6.07) is 15.1. The Morgan fingerprint density at radius 2 is 1.78 bits per heavy atom. The van der Waals surface area contributed by atoms with Gasteiger partial charge in [-0.1, -0.05) is 38.1 Å². The smallest absolute Gasteiger partial charge is 0.271 e. The van der Waals surface area contributed by atoms with Gasteiger partial charge in [-0.2, -0.15) is 5.10 Å². The first-order valence-electron chi connectivity index (χ1n) is 7.60. The van der Waals surface area contributed by atoms with E-state index >= 15 is 0 Å². The molecule has 4 heteroatoms. The fourth-order valence-corrected chi connectivity index (χ4v) is 2.13. The summed E-state index contributed by atoms with van der Waals surface area (Å²) in [5.74, 6) is 0.982. The van der Waals surface area contributed by atoms with Crippen LogP contribution < -0.4 is 10.2 Å². The van der Waals surface area contributed by atoms with Crippen LogP contribution in [-0.4, -0.2) is 18.7 Å². The highest BCUT2D eigenvalue weighted by Crippen LogP contribution is 2.15. The Bertz CT molecular complexity index is 704. The van der Waals surface area contributed by atoms with E-state index in [2.05, 4.69) is 24.4 Å². The molecule has 23 heavy (non-hydrogen) atoms. The highest BCUT2D eigenvalue weighted by molar-refractivity contribution is 6.01. The minimum absolute atomic E-state index is 0.220. The molecule has 0 saturated carbocycles. The summed E-state index contributed by atoms with van der Waals surface area (Å²) in [5, 5.41) is 4.17. The van der Waals surface area contributed by atoms with Gasteiger partial charge in [0.1, 0.15) is 5.75 Å². The Kier molecular flexibility index (Phi) is 5.52. The van der Waals surface area contributed by atoms with E-state index in [1.807, 2.05) is 55.5 Å². The molecule has 0 aliphatic carbocycles. The van der Waals surface area contributed by atoms with Gasteiger partial charge in [-0.3, -0.25) is 4.79 Å². The molecular formula is C19H22N2O2. The second-order valence-corrected chi connectivity index (χ2v) is 5.65. The normalized spacial score (nSPS) is 11.4. The van der Waals surface area contributed by atoms with Crippen molar-refractivity contribution in [1.82, 2.24) is 5.43 Å². The molecule has 2 aromatic carbocycles.